The molecule has 0 N–H and O–H groups in total. The highest BCUT2D eigenvalue weighted by Gasteiger charge is 2.47. The largest absolute Gasteiger partial charge is 0.416 e. The number of fused-ring (bicyclic) bond motifs is 1. The molecular weight excluding hydrogens is 1120 g/mol. The Hall–Kier alpha value is -7.73. The van der Waals surface area contributed by atoms with Gasteiger partial charge in [-0.1, -0.05) is 97.1 Å². The first-order chi connectivity index (χ1) is 36.1. The van der Waals surface area contributed by atoms with Gasteiger partial charge in [0.1, 0.15) is 12.6 Å². The number of hydrogen-bond donors (Lipinski definition) is 0. The molecule has 418 valence electrons. The Kier molecular flexibility index (Phi) is 16.2. The summed E-state index contributed by atoms with van der Waals surface area (Å²) >= 11 is 0. The summed E-state index contributed by atoms with van der Waals surface area (Å²) in [6, 6.07) is 12.9. The topological polar surface area (TPSA) is 44.7 Å². The molecule has 0 spiro atoms. The highest BCUT2D eigenvalue weighted by molar-refractivity contribution is 7.20. The zero-order valence-electron chi connectivity index (χ0n) is 38.6. The van der Waals surface area contributed by atoms with E-state index >= 15 is 0 Å². The van der Waals surface area contributed by atoms with Crippen molar-refractivity contribution in [1.29, 1.82) is 5.26 Å². The van der Waals surface area contributed by atoms with E-state index in [2.05, 4.69) is 0 Å². The van der Waals surface area contributed by atoms with Gasteiger partial charge in [-0.15, -0.1) is 0 Å². The maximum atomic E-state index is 14.2. The van der Waals surface area contributed by atoms with Gasteiger partial charge >= 0.3 is 49.4 Å². The third kappa shape index (κ3) is 13.6. The van der Waals surface area contributed by atoms with Gasteiger partial charge in [0, 0.05) is 11.6 Å². The average Bonchev–Trinajstić information content (AvgIpc) is 3.47. The molecule has 0 saturated carbocycles. The van der Waals surface area contributed by atoms with E-state index in [0.717, 1.165) is 16.3 Å². The van der Waals surface area contributed by atoms with Gasteiger partial charge in [-0.2, -0.15) is 137 Å². The van der Waals surface area contributed by atoms with Gasteiger partial charge in [0.05, 0.1) is 56.0 Å². The van der Waals surface area contributed by atoms with Gasteiger partial charge in [-0.05, 0) is 35.7 Å². The summed E-state index contributed by atoms with van der Waals surface area (Å²) < 4.78 is 343. The summed E-state index contributed by atoms with van der Waals surface area (Å²) in [4.78, 5) is 12.4. The van der Waals surface area contributed by atoms with Crippen LogP contribution in [0.3, 0.4) is 0 Å². The number of aromatic nitrogens is 1. The first-order valence-electron chi connectivity index (χ1n) is 21.8. The molecule has 7 rings (SSSR count). The standard InChI is InChI=1S/C32H12BF24.C19H15N2O/c34-25(35,36)13-1-14(26(37,38)39)6-21(5-13)33(22-7-15(27(40,41)42)2-16(8-22)28(43,44)45,23-9-17(29(46,47)48)3-18(10-23)30(49,50)51)24-11-19(31(52,53)54)4-20(12-24)32(55,56)57;20-12-10-18(22)19-17-9-5-4-8-16(17)11-13-21(19)14-15-6-2-1-3-7-15/h1-12H;1-9,11,13H,10,14H2/q-1;+1. The van der Waals surface area contributed by atoms with Crippen LogP contribution in [0.25, 0.3) is 10.8 Å². The van der Waals surface area contributed by atoms with Gasteiger partial charge in [0.25, 0.3) is 5.69 Å². The van der Waals surface area contributed by atoms with E-state index in [1.54, 1.807) is 0 Å². The summed E-state index contributed by atoms with van der Waals surface area (Å²) in [6.07, 6.45) is -53.0. The average molecular weight is 1150 g/mol. The van der Waals surface area contributed by atoms with Crippen molar-refractivity contribution in [1.82, 2.24) is 0 Å². The van der Waals surface area contributed by atoms with Crippen molar-refractivity contribution in [3.63, 3.8) is 0 Å². The maximum Gasteiger partial charge on any atom is 0.416 e. The van der Waals surface area contributed by atoms with E-state index in [0.29, 0.717) is 12.2 Å². The van der Waals surface area contributed by atoms with Crippen LogP contribution in [0.1, 0.15) is 67.0 Å². The molecule has 28 heteroatoms. The van der Waals surface area contributed by atoms with Crippen molar-refractivity contribution in [2.24, 2.45) is 0 Å². The molecule has 0 bridgehead atoms. The second kappa shape index (κ2) is 21.2. The van der Waals surface area contributed by atoms with Crippen molar-refractivity contribution in [3.8, 4) is 6.07 Å². The molecule has 6 aromatic carbocycles. The lowest BCUT2D eigenvalue weighted by atomic mass is 9.12. The Balaban J connectivity index is 0.000000378. The Bertz CT molecular complexity index is 2990. The fraction of sp³-hybridized carbons (Fsp3) is 0.196. The van der Waals surface area contributed by atoms with Crippen LogP contribution >= 0.6 is 0 Å². The molecule has 0 radical (unpaired) electrons. The lowest BCUT2D eigenvalue weighted by Gasteiger charge is -2.46. The number of Topliss-reactive ketones (excluding diaryl/α,β-unsaturated/α-hetero) is 1. The molecular formula is C51H27BF24N2O. The highest BCUT2D eigenvalue weighted by Crippen LogP contribution is 2.41. The number of halogens is 24. The lowest BCUT2D eigenvalue weighted by Crippen LogP contribution is -2.75. The van der Waals surface area contributed by atoms with Gasteiger partial charge < -0.3 is 0 Å². The second-order valence-corrected chi connectivity index (χ2v) is 17.3. The smallest absolute Gasteiger partial charge is 0.286 e. The minimum absolute atomic E-state index is 0.108. The highest BCUT2D eigenvalue weighted by atomic mass is 19.4. The number of rotatable bonds is 8. The second-order valence-electron chi connectivity index (χ2n) is 17.3. The van der Waals surface area contributed by atoms with Crippen LogP contribution in [-0.2, 0) is 56.0 Å². The molecule has 7 aromatic rings. The van der Waals surface area contributed by atoms with Gasteiger partial charge in [0.15, 0.2) is 12.7 Å². The molecule has 0 amide bonds. The van der Waals surface area contributed by atoms with E-state index in [9.17, 15) is 110 Å². The maximum absolute atomic E-state index is 14.2. The number of carbonyl (C=O) groups is 1. The lowest BCUT2D eigenvalue weighted by molar-refractivity contribution is -0.688. The number of carbonyl (C=O) groups excluding carboxylic acids is 1. The Labute approximate surface area is 427 Å². The zero-order chi connectivity index (χ0) is 59.3. The third-order valence-electron chi connectivity index (χ3n) is 12.1. The van der Waals surface area contributed by atoms with Crippen LogP contribution in [-0.4, -0.2) is 11.9 Å². The Morgan fingerprint density at radius 2 is 0.671 bits per heavy atom. The molecule has 1 heterocycles. The molecule has 0 unspecified atom stereocenters. The van der Waals surface area contributed by atoms with Crippen LogP contribution in [0.5, 0.6) is 0 Å². The van der Waals surface area contributed by atoms with Gasteiger partial charge in [0.2, 0.25) is 5.78 Å². The van der Waals surface area contributed by atoms with Crippen LogP contribution in [0.15, 0.2) is 140 Å². The molecule has 0 fully saturated rings. The number of benzene rings is 6. The molecule has 79 heavy (non-hydrogen) atoms. The summed E-state index contributed by atoms with van der Waals surface area (Å²) in [5.41, 5.74) is -28.5. The van der Waals surface area contributed by atoms with Gasteiger partial charge in [-0.25, -0.2) is 0 Å². The van der Waals surface area contributed by atoms with Crippen LogP contribution < -0.4 is 26.4 Å². The van der Waals surface area contributed by atoms with Gasteiger partial charge in [-0.3, -0.25) is 4.79 Å². The first-order valence-corrected chi connectivity index (χ1v) is 21.8. The molecule has 0 aliphatic carbocycles. The van der Waals surface area contributed by atoms with E-state index in [1.807, 2.05) is 77.5 Å². The summed E-state index contributed by atoms with van der Waals surface area (Å²) in [5, 5.41) is 10.8. The van der Waals surface area contributed by atoms with Crippen LogP contribution in [0, 0.1) is 11.3 Å². The Morgan fingerprint density at radius 1 is 0.392 bits per heavy atom. The molecule has 0 aliphatic rings. The predicted octanol–water partition coefficient (Wildman–Crippen LogP) is 14.5. The summed E-state index contributed by atoms with van der Waals surface area (Å²) in [5.74, 6) is -0.143. The van der Waals surface area contributed by atoms with Crippen LogP contribution in [0.2, 0.25) is 0 Å². The Morgan fingerprint density at radius 3 is 0.949 bits per heavy atom. The minimum Gasteiger partial charge on any atom is -0.286 e. The number of nitrogens with zero attached hydrogens (tertiary/aromatic N) is 2. The number of ketones is 1. The van der Waals surface area contributed by atoms with Crippen molar-refractivity contribution < 1.29 is 115 Å². The SMILES string of the molecule is FC(F)(F)c1cc([B-](c2cc(C(F)(F)F)cc(C(F)(F)F)c2)(c2cc(C(F)(F)F)cc(C(F)(F)F)c2)c2cc(C(F)(F)F)cc(C(F)(F)F)c2)cc(C(F)(F)F)c1.N#CCC(=O)c1c2ccccc2cc[n+]1Cc1ccccc1. The monoisotopic (exact) mass is 1150 g/mol. The van der Waals surface area contributed by atoms with Crippen molar-refractivity contribution in [2.75, 3.05) is 0 Å². The van der Waals surface area contributed by atoms with Crippen LogP contribution in [0.4, 0.5) is 105 Å². The number of hydrogen-bond acceptors (Lipinski definition) is 2. The number of alkyl halides is 24. The molecule has 0 atom stereocenters. The number of nitriles is 1. The first kappa shape index (κ1) is 60.5. The molecule has 0 aliphatic heterocycles. The summed E-state index contributed by atoms with van der Waals surface area (Å²) in [7, 11) is 0. The third-order valence-corrected chi connectivity index (χ3v) is 12.1. The van der Waals surface area contributed by atoms with E-state index in [1.165, 1.54) is 0 Å². The van der Waals surface area contributed by atoms with Crippen molar-refractivity contribution in [2.45, 2.75) is 62.4 Å². The molecule has 0 saturated heterocycles. The minimum atomic E-state index is -6.13. The quantitative estimate of drug-likeness (QED) is 0.0659. The van der Waals surface area contributed by atoms with Crippen molar-refractivity contribution >= 4 is 44.6 Å². The molecule has 1 aromatic heterocycles. The fourth-order valence-corrected chi connectivity index (χ4v) is 8.71. The summed E-state index contributed by atoms with van der Waals surface area (Å²) in [6.45, 7) is 0.609. The molecule has 3 nitrogen and oxygen atoms in total. The zero-order valence-corrected chi connectivity index (χ0v) is 38.6. The van der Waals surface area contributed by atoms with E-state index in [-0.39, 0.29) is 12.2 Å². The normalized spacial score (nSPS) is 13.2. The fourth-order valence-electron chi connectivity index (χ4n) is 8.71. The van der Waals surface area contributed by atoms with Crippen molar-refractivity contribution in [3.05, 3.63) is 195 Å². The number of pyridine rings is 1. The van der Waals surface area contributed by atoms with E-state index < -0.39 is 195 Å². The predicted molar refractivity (Wildman–Crippen MR) is 234 cm³/mol. The van der Waals surface area contributed by atoms with E-state index in [4.69, 9.17) is 5.26 Å².